The van der Waals surface area contributed by atoms with Crippen LogP contribution in [0.3, 0.4) is 0 Å². The summed E-state index contributed by atoms with van der Waals surface area (Å²) in [6.07, 6.45) is 1.51. The molecule has 1 amide bonds. The molecule has 0 spiro atoms. The van der Waals surface area contributed by atoms with Crippen molar-refractivity contribution in [2.75, 3.05) is 13.2 Å². The zero-order chi connectivity index (χ0) is 25.3. The van der Waals surface area contributed by atoms with E-state index in [1.807, 2.05) is 38.1 Å². The van der Waals surface area contributed by atoms with E-state index in [4.69, 9.17) is 25.8 Å². The molecule has 0 atom stereocenters. The zero-order valence-corrected chi connectivity index (χ0v) is 20.9. The Morgan fingerprint density at radius 2 is 1.67 bits per heavy atom. The number of carbonyl (C=O) groups excluding carboxylic acids is 1. The first-order valence-corrected chi connectivity index (χ1v) is 12.1. The van der Waals surface area contributed by atoms with Gasteiger partial charge in [-0.15, -0.1) is 0 Å². The Bertz CT molecular complexity index is 1360. The van der Waals surface area contributed by atoms with Crippen molar-refractivity contribution in [1.82, 2.24) is 5.43 Å². The van der Waals surface area contributed by atoms with Gasteiger partial charge in [-0.3, -0.25) is 4.79 Å². The SMILES string of the molecule is CCOc1ccc(C(=O)N/N=C/c2cc(Cl)c(OCc3cccc4ccccc34)c(OCC)c2)cc1. The third-order valence-electron chi connectivity index (χ3n) is 5.39. The van der Waals surface area contributed by atoms with Crippen LogP contribution in [0.5, 0.6) is 17.2 Å². The standard InChI is InChI=1S/C29H27ClN2O4/c1-3-34-24-14-12-22(13-15-24)29(33)32-31-18-20-16-26(30)28(27(17-20)35-4-2)36-19-23-10-7-9-21-8-5-6-11-25(21)23/h5-18H,3-4,19H2,1-2H3,(H,32,33)/b31-18+. The van der Waals surface area contributed by atoms with Gasteiger partial charge in [-0.2, -0.15) is 5.10 Å². The maximum Gasteiger partial charge on any atom is 0.271 e. The minimum absolute atomic E-state index is 0.333. The first-order chi connectivity index (χ1) is 17.6. The van der Waals surface area contributed by atoms with E-state index in [0.29, 0.717) is 53.2 Å². The van der Waals surface area contributed by atoms with Gasteiger partial charge in [-0.05, 0) is 72.1 Å². The van der Waals surface area contributed by atoms with Crippen molar-refractivity contribution in [2.45, 2.75) is 20.5 Å². The van der Waals surface area contributed by atoms with Gasteiger partial charge in [-0.25, -0.2) is 5.43 Å². The average Bonchev–Trinajstić information content (AvgIpc) is 2.89. The number of fused-ring (bicyclic) bond motifs is 1. The average molecular weight is 503 g/mol. The van der Waals surface area contributed by atoms with E-state index in [2.05, 4.69) is 28.7 Å². The highest BCUT2D eigenvalue weighted by Gasteiger charge is 2.13. The van der Waals surface area contributed by atoms with Gasteiger partial charge in [0.15, 0.2) is 11.5 Å². The van der Waals surface area contributed by atoms with Crippen molar-refractivity contribution < 1.29 is 19.0 Å². The number of halogens is 1. The monoisotopic (exact) mass is 502 g/mol. The van der Waals surface area contributed by atoms with Crippen molar-refractivity contribution in [1.29, 1.82) is 0 Å². The van der Waals surface area contributed by atoms with Crippen LogP contribution in [-0.2, 0) is 6.61 Å². The summed E-state index contributed by atoms with van der Waals surface area (Å²) in [5, 5.41) is 6.73. The Hall–Kier alpha value is -4.03. The van der Waals surface area contributed by atoms with Gasteiger partial charge in [0, 0.05) is 5.56 Å². The number of rotatable bonds is 10. The van der Waals surface area contributed by atoms with Crippen molar-refractivity contribution in [3.05, 3.63) is 101 Å². The molecule has 0 saturated heterocycles. The van der Waals surface area contributed by atoms with E-state index in [1.54, 1.807) is 36.4 Å². The van der Waals surface area contributed by atoms with Gasteiger partial charge in [0.2, 0.25) is 0 Å². The summed E-state index contributed by atoms with van der Waals surface area (Å²) in [6.45, 7) is 5.14. The molecule has 6 nitrogen and oxygen atoms in total. The normalized spacial score (nSPS) is 11.0. The third kappa shape index (κ3) is 6.15. The fourth-order valence-corrected chi connectivity index (χ4v) is 4.01. The summed E-state index contributed by atoms with van der Waals surface area (Å²) < 4.78 is 17.3. The molecular weight excluding hydrogens is 476 g/mol. The largest absolute Gasteiger partial charge is 0.494 e. The molecule has 0 radical (unpaired) electrons. The highest BCUT2D eigenvalue weighted by Crippen LogP contribution is 2.37. The molecule has 1 N–H and O–H groups in total. The molecule has 0 aromatic heterocycles. The number of nitrogens with zero attached hydrogens (tertiary/aromatic N) is 1. The van der Waals surface area contributed by atoms with Crippen LogP contribution in [0, 0.1) is 0 Å². The molecule has 0 aliphatic heterocycles. The number of benzene rings is 4. The highest BCUT2D eigenvalue weighted by atomic mass is 35.5. The molecule has 4 aromatic rings. The summed E-state index contributed by atoms with van der Waals surface area (Å²) in [4.78, 5) is 12.4. The molecular formula is C29H27ClN2O4. The molecule has 0 aliphatic rings. The van der Waals surface area contributed by atoms with Gasteiger partial charge >= 0.3 is 0 Å². The lowest BCUT2D eigenvalue weighted by Gasteiger charge is -2.15. The quantitative estimate of drug-likeness (QED) is 0.195. The number of hydrogen-bond donors (Lipinski definition) is 1. The van der Waals surface area contributed by atoms with Crippen molar-refractivity contribution in [3.8, 4) is 17.2 Å². The first-order valence-electron chi connectivity index (χ1n) is 11.7. The van der Waals surface area contributed by atoms with Crippen LogP contribution < -0.4 is 19.6 Å². The van der Waals surface area contributed by atoms with E-state index >= 15 is 0 Å². The molecule has 7 heteroatoms. The summed E-state index contributed by atoms with van der Waals surface area (Å²) in [7, 11) is 0. The molecule has 0 saturated carbocycles. The third-order valence-corrected chi connectivity index (χ3v) is 5.67. The van der Waals surface area contributed by atoms with E-state index in [1.165, 1.54) is 6.21 Å². The molecule has 0 fully saturated rings. The Balaban J connectivity index is 1.46. The predicted molar refractivity (Wildman–Crippen MR) is 144 cm³/mol. The minimum Gasteiger partial charge on any atom is -0.494 e. The molecule has 0 heterocycles. The molecule has 184 valence electrons. The van der Waals surface area contributed by atoms with Crippen LogP contribution >= 0.6 is 11.6 Å². The van der Waals surface area contributed by atoms with Crippen LogP contribution in [0.1, 0.15) is 35.3 Å². The zero-order valence-electron chi connectivity index (χ0n) is 20.2. The smallest absolute Gasteiger partial charge is 0.271 e. The van der Waals surface area contributed by atoms with Crippen LogP contribution in [0.4, 0.5) is 0 Å². The number of hydrogen-bond acceptors (Lipinski definition) is 5. The number of amides is 1. The second-order valence-electron chi connectivity index (χ2n) is 7.85. The van der Waals surface area contributed by atoms with Crippen molar-refractivity contribution in [2.24, 2.45) is 5.10 Å². The van der Waals surface area contributed by atoms with Crippen molar-refractivity contribution >= 4 is 34.5 Å². The van der Waals surface area contributed by atoms with E-state index in [0.717, 1.165) is 16.3 Å². The van der Waals surface area contributed by atoms with Crippen LogP contribution in [0.2, 0.25) is 5.02 Å². The molecule has 36 heavy (non-hydrogen) atoms. The van der Waals surface area contributed by atoms with Crippen molar-refractivity contribution in [3.63, 3.8) is 0 Å². The Kier molecular flexibility index (Phi) is 8.42. The Morgan fingerprint density at radius 3 is 2.44 bits per heavy atom. The van der Waals surface area contributed by atoms with E-state index in [-0.39, 0.29) is 5.91 Å². The maximum atomic E-state index is 12.4. The van der Waals surface area contributed by atoms with Gasteiger partial charge in [0.25, 0.3) is 5.91 Å². The topological polar surface area (TPSA) is 69.2 Å². The molecule has 0 bridgehead atoms. The summed E-state index contributed by atoms with van der Waals surface area (Å²) in [5.74, 6) is 1.34. The lowest BCUT2D eigenvalue weighted by molar-refractivity contribution is 0.0955. The van der Waals surface area contributed by atoms with E-state index < -0.39 is 0 Å². The number of ether oxygens (including phenoxy) is 3. The lowest BCUT2D eigenvalue weighted by Crippen LogP contribution is -2.17. The van der Waals surface area contributed by atoms with Crippen LogP contribution in [0.25, 0.3) is 10.8 Å². The number of hydrazone groups is 1. The van der Waals surface area contributed by atoms with Gasteiger partial charge in [0.05, 0.1) is 24.5 Å². The summed E-state index contributed by atoms with van der Waals surface area (Å²) in [6, 6.07) is 24.6. The number of nitrogens with one attached hydrogen (secondary N) is 1. The van der Waals surface area contributed by atoms with Gasteiger partial charge < -0.3 is 14.2 Å². The number of carbonyl (C=O) groups is 1. The lowest BCUT2D eigenvalue weighted by atomic mass is 10.1. The molecule has 0 unspecified atom stereocenters. The summed E-state index contributed by atoms with van der Waals surface area (Å²) in [5.41, 5.74) is 4.71. The Labute approximate surface area is 215 Å². The molecule has 4 rings (SSSR count). The molecule has 0 aliphatic carbocycles. The van der Waals surface area contributed by atoms with Crippen LogP contribution in [-0.4, -0.2) is 25.3 Å². The van der Waals surface area contributed by atoms with Gasteiger partial charge in [-0.1, -0.05) is 54.1 Å². The fourth-order valence-electron chi connectivity index (χ4n) is 3.73. The summed E-state index contributed by atoms with van der Waals surface area (Å²) >= 11 is 6.57. The second kappa shape index (κ2) is 12.1. The Morgan fingerprint density at radius 1 is 0.917 bits per heavy atom. The first kappa shape index (κ1) is 25.1. The minimum atomic E-state index is -0.333. The van der Waals surface area contributed by atoms with Crippen LogP contribution in [0.15, 0.2) is 84.0 Å². The molecule has 4 aromatic carbocycles. The predicted octanol–water partition coefficient (Wildman–Crippen LogP) is 6.63. The van der Waals surface area contributed by atoms with E-state index in [9.17, 15) is 4.79 Å². The second-order valence-corrected chi connectivity index (χ2v) is 8.25. The maximum absolute atomic E-state index is 12.4. The fraction of sp³-hybridized carbons (Fsp3) is 0.172. The highest BCUT2D eigenvalue weighted by molar-refractivity contribution is 6.32. The van der Waals surface area contributed by atoms with Gasteiger partial charge in [0.1, 0.15) is 12.4 Å².